The van der Waals surface area contributed by atoms with Crippen LogP contribution in [0.5, 0.6) is 0 Å². The van der Waals surface area contributed by atoms with Crippen LogP contribution in [-0.2, 0) is 22.6 Å². The summed E-state index contributed by atoms with van der Waals surface area (Å²) in [4.78, 5) is 29.6. The number of rotatable bonds is 5. The predicted octanol–water partition coefficient (Wildman–Crippen LogP) is 2.99. The first-order valence-electron chi connectivity index (χ1n) is 10.6. The van der Waals surface area contributed by atoms with Crippen molar-refractivity contribution in [2.75, 3.05) is 24.5 Å². The molecule has 0 saturated carbocycles. The first-order chi connectivity index (χ1) is 14.1. The third-order valence-electron chi connectivity index (χ3n) is 6.10. The maximum Gasteiger partial charge on any atom is 0.241 e. The minimum atomic E-state index is 0.0384. The number of nitrogens with one attached hydrogen (secondary N) is 1. The van der Waals surface area contributed by atoms with Crippen LogP contribution < -0.4 is 10.2 Å². The molecule has 0 spiro atoms. The van der Waals surface area contributed by atoms with Crippen LogP contribution in [0.1, 0.15) is 30.9 Å². The van der Waals surface area contributed by atoms with Gasteiger partial charge in [0.15, 0.2) is 0 Å². The summed E-state index contributed by atoms with van der Waals surface area (Å²) in [6, 6.07) is 18.4. The van der Waals surface area contributed by atoms with Gasteiger partial charge in [0, 0.05) is 24.2 Å². The highest BCUT2D eigenvalue weighted by atomic mass is 16.2. The van der Waals surface area contributed by atoms with Crippen LogP contribution in [0.15, 0.2) is 54.6 Å². The van der Waals surface area contributed by atoms with Gasteiger partial charge in [0.25, 0.3) is 0 Å². The number of benzene rings is 2. The zero-order valence-electron chi connectivity index (χ0n) is 17.0. The van der Waals surface area contributed by atoms with Gasteiger partial charge in [-0.3, -0.25) is 14.5 Å². The Hall–Kier alpha value is -2.66. The van der Waals surface area contributed by atoms with Crippen molar-refractivity contribution in [3.8, 4) is 0 Å². The number of fused-ring (bicyclic) bond motifs is 1. The van der Waals surface area contributed by atoms with Gasteiger partial charge in [-0.1, -0.05) is 48.5 Å². The molecule has 0 bridgehead atoms. The molecule has 0 radical (unpaired) electrons. The average Bonchev–Trinajstić information content (AvgIpc) is 3.09. The quantitative estimate of drug-likeness (QED) is 0.853. The summed E-state index contributed by atoms with van der Waals surface area (Å²) in [6.45, 7) is 4.70. The van der Waals surface area contributed by atoms with Gasteiger partial charge in [0.1, 0.15) is 0 Å². The molecule has 2 heterocycles. The fourth-order valence-corrected chi connectivity index (χ4v) is 4.50. The summed E-state index contributed by atoms with van der Waals surface area (Å²) < 4.78 is 0. The third-order valence-corrected chi connectivity index (χ3v) is 6.10. The van der Waals surface area contributed by atoms with Crippen LogP contribution in [0.3, 0.4) is 0 Å². The van der Waals surface area contributed by atoms with E-state index in [1.165, 1.54) is 5.56 Å². The first kappa shape index (κ1) is 19.6. The molecule has 1 fully saturated rings. The topological polar surface area (TPSA) is 52.7 Å². The smallest absolute Gasteiger partial charge is 0.241 e. The second-order valence-electron chi connectivity index (χ2n) is 8.20. The number of anilines is 1. The zero-order chi connectivity index (χ0) is 20.2. The monoisotopic (exact) mass is 391 g/mol. The lowest BCUT2D eigenvalue weighted by molar-refractivity contribution is -0.126. The Morgan fingerprint density at radius 1 is 1.00 bits per heavy atom. The SMILES string of the molecule is CC1Cc2ccccc2N1C(=O)CN1CCC(C(=O)NCc2ccccc2)CC1. The molecule has 0 aromatic heterocycles. The Balaban J connectivity index is 1.26. The fourth-order valence-electron chi connectivity index (χ4n) is 4.50. The number of carbonyl (C=O) groups excluding carboxylic acids is 2. The summed E-state index contributed by atoms with van der Waals surface area (Å²) in [5.41, 5.74) is 3.42. The van der Waals surface area contributed by atoms with Crippen molar-refractivity contribution in [3.63, 3.8) is 0 Å². The lowest BCUT2D eigenvalue weighted by Crippen LogP contribution is -2.47. The molecule has 0 aliphatic carbocycles. The molecule has 5 nitrogen and oxygen atoms in total. The van der Waals surface area contributed by atoms with Crippen LogP contribution in [-0.4, -0.2) is 42.4 Å². The molecule has 2 amide bonds. The third kappa shape index (κ3) is 4.51. The molecular weight excluding hydrogens is 362 g/mol. The average molecular weight is 392 g/mol. The molecule has 4 rings (SSSR count). The van der Waals surface area contributed by atoms with E-state index in [2.05, 4.69) is 23.2 Å². The molecule has 5 heteroatoms. The largest absolute Gasteiger partial charge is 0.352 e. The van der Waals surface area contributed by atoms with E-state index >= 15 is 0 Å². The van der Waals surface area contributed by atoms with Gasteiger partial charge in [-0.05, 0) is 56.5 Å². The highest BCUT2D eigenvalue weighted by Crippen LogP contribution is 2.32. The van der Waals surface area contributed by atoms with Gasteiger partial charge >= 0.3 is 0 Å². The number of hydrogen-bond donors (Lipinski definition) is 1. The van der Waals surface area contributed by atoms with Crippen molar-refractivity contribution in [1.82, 2.24) is 10.2 Å². The molecule has 29 heavy (non-hydrogen) atoms. The molecular formula is C24H29N3O2. The normalized spacial score (nSPS) is 19.8. The molecule has 1 N–H and O–H groups in total. The van der Waals surface area contributed by atoms with Crippen molar-refractivity contribution in [3.05, 3.63) is 65.7 Å². The van der Waals surface area contributed by atoms with Gasteiger partial charge in [-0.2, -0.15) is 0 Å². The molecule has 1 unspecified atom stereocenters. The van der Waals surface area contributed by atoms with E-state index in [0.29, 0.717) is 13.1 Å². The lowest BCUT2D eigenvalue weighted by Gasteiger charge is -2.32. The molecule has 1 atom stereocenters. The van der Waals surface area contributed by atoms with Crippen LogP contribution >= 0.6 is 0 Å². The van der Waals surface area contributed by atoms with Crippen molar-refractivity contribution in [1.29, 1.82) is 0 Å². The van der Waals surface area contributed by atoms with Crippen LogP contribution in [0.4, 0.5) is 5.69 Å². The standard InChI is InChI=1S/C24H29N3O2/c1-18-15-21-9-5-6-10-22(21)27(18)23(28)17-26-13-11-20(12-14-26)24(29)25-16-19-7-3-2-4-8-19/h2-10,18,20H,11-17H2,1H3,(H,25,29). The summed E-state index contributed by atoms with van der Waals surface area (Å²) in [6.07, 6.45) is 2.53. The van der Waals surface area contributed by atoms with Crippen LogP contribution in [0.25, 0.3) is 0 Å². The van der Waals surface area contributed by atoms with E-state index < -0.39 is 0 Å². The van der Waals surface area contributed by atoms with E-state index in [1.807, 2.05) is 53.4 Å². The number of nitrogens with zero attached hydrogens (tertiary/aromatic N) is 2. The highest BCUT2D eigenvalue weighted by Gasteiger charge is 2.32. The van der Waals surface area contributed by atoms with Gasteiger partial charge in [0.05, 0.1) is 6.54 Å². The van der Waals surface area contributed by atoms with E-state index in [1.54, 1.807) is 0 Å². The summed E-state index contributed by atoms with van der Waals surface area (Å²) >= 11 is 0. The number of carbonyl (C=O) groups is 2. The Morgan fingerprint density at radius 3 is 2.45 bits per heavy atom. The number of piperidine rings is 1. The maximum absolute atomic E-state index is 13.0. The first-order valence-corrected chi connectivity index (χ1v) is 10.6. The van der Waals surface area contributed by atoms with Crippen LogP contribution in [0.2, 0.25) is 0 Å². The molecule has 1 saturated heterocycles. The predicted molar refractivity (Wildman–Crippen MR) is 115 cm³/mol. The minimum absolute atomic E-state index is 0.0384. The van der Waals surface area contributed by atoms with Gasteiger partial charge < -0.3 is 10.2 Å². The summed E-state index contributed by atoms with van der Waals surface area (Å²) in [5.74, 6) is 0.327. The molecule has 2 aliphatic heterocycles. The van der Waals surface area contributed by atoms with E-state index in [-0.39, 0.29) is 23.8 Å². The van der Waals surface area contributed by atoms with Crippen LogP contribution in [0, 0.1) is 5.92 Å². The number of likely N-dealkylation sites (tertiary alicyclic amines) is 1. The minimum Gasteiger partial charge on any atom is -0.352 e. The van der Waals surface area contributed by atoms with Gasteiger partial charge in [-0.25, -0.2) is 0 Å². The molecule has 152 valence electrons. The fraction of sp³-hybridized carbons (Fsp3) is 0.417. The van der Waals surface area contributed by atoms with Crippen molar-refractivity contribution in [2.45, 2.75) is 38.8 Å². The van der Waals surface area contributed by atoms with Crippen molar-refractivity contribution >= 4 is 17.5 Å². The highest BCUT2D eigenvalue weighted by molar-refractivity contribution is 5.97. The molecule has 2 aromatic rings. The Bertz CT molecular complexity index is 859. The van der Waals surface area contributed by atoms with E-state index in [0.717, 1.165) is 43.6 Å². The van der Waals surface area contributed by atoms with E-state index in [9.17, 15) is 9.59 Å². The Kier molecular flexibility index (Phi) is 5.95. The molecule has 2 aliphatic rings. The number of hydrogen-bond acceptors (Lipinski definition) is 3. The Labute approximate surface area is 172 Å². The van der Waals surface area contributed by atoms with Crippen molar-refractivity contribution in [2.24, 2.45) is 5.92 Å². The number of amides is 2. The number of para-hydroxylation sites is 1. The second-order valence-corrected chi connectivity index (χ2v) is 8.20. The van der Waals surface area contributed by atoms with E-state index in [4.69, 9.17) is 0 Å². The second kappa shape index (κ2) is 8.78. The Morgan fingerprint density at radius 2 is 1.69 bits per heavy atom. The summed E-state index contributed by atoms with van der Waals surface area (Å²) in [7, 11) is 0. The zero-order valence-corrected chi connectivity index (χ0v) is 17.0. The van der Waals surface area contributed by atoms with Gasteiger partial charge in [0.2, 0.25) is 11.8 Å². The lowest BCUT2D eigenvalue weighted by atomic mass is 9.95. The maximum atomic E-state index is 13.0. The summed E-state index contributed by atoms with van der Waals surface area (Å²) in [5, 5.41) is 3.05. The van der Waals surface area contributed by atoms with Gasteiger partial charge in [-0.15, -0.1) is 0 Å². The molecule has 2 aromatic carbocycles. The van der Waals surface area contributed by atoms with Crippen molar-refractivity contribution < 1.29 is 9.59 Å².